The fourth-order valence-corrected chi connectivity index (χ4v) is 6.44. The number of carboxylic acid groups (broad SMARTS) is 1. The predicted molar refractivity (Wildman–Crippen MR) is 153 cm³/mol. The number of thiophene rings is 1. The van der Waals surface area contributed by atoms with Gasteiger partial charge < -0.3 is 14.9 Å². The second-order valence-electron chi connectivity index (χ2n) is 9.64. The average Bonchev–Trinajstić information content (AvgIpc) is 3.38. The van der Waals surface area contributed by atoms with E-state index in [0.29, 0.717) is 37.5 Å². The summed E-state index contributed by atoms with van der Waals surface area (Å²) >= 11 is 4.84. The fraction of sp³-hybridized carbons (Fsp3) is 0.679. The van der Waals surface area contributed by atoms with Gasteiger partial charge in [0.1, 0.15) is 4.88 Å². The summed E-state index contributed by atoms with van der Waals surface area (Å²) in [6.45, 7) is 7.44. The number of anilines is 1. The zero-order valence-electron chi connectivity index (χ0n) is 22.4. The first kappa shape index (κ1) is 30.4. The number of carbonyl (C=O) groups excluding carboxylic acids is 2. The lowest BCUT2D eigenvalue weighted by Crippen LogP contribution is -2.50. The van der Waals surface area contributed by atoms with Crippen LogP contribution in [0.1, 0.15) is 99.5 Å². The van der Waals surface area contributed by atoms with Crippen LogP contribution >= 0.6 is 24.0 Å². The molecule has 0 aromatic carbocycles. The summed E-state index contributed by atoms with van der Waals surface area (Å²) in [6.07, 6.45) is 14.3. The summed E-state index contributed by atoms with van der Waals surface area (Å²) in [6, 6.07) is 1.89. The maximum atomic E-state index is 13.9. The number of piperidine rings is 1. The van der Waals surface area contributed by atoms with E-state index in [9.17, 15) is 19.5 Å². The van der Waals surface area contributed by atoms with Crippen molar-refractivity contribution in [2.75, 3.05) is 24.2 Å². The minimum Gasteiger partial charge on any atom is -0.477 e. The number of amides is 2. The summed E-state index contributed by atoms with van der Waals surface area (Å²) in [5.41, 5.74) is 1.78. The number of hydrogen-bond donors (Lipinski definition) is 2. The van der Waals surface area contributed by atoms with Crippen molar-refractivity contribution in [1.82, 2.24) is 4.90 Å². The molecule has 2 fully saturated rings. The molecule has 0 atom stereocenters. The molecule has 3 aliphatic rings. The van der Waals surface area contributed by atoms with Gasteiger partial charge >= 0.3 is 5.97 Å². The van der Waals surface area contributed by atoms with Gasteiger partial charge in [0.25, 0.3) is 0 Å². The van der Waals surface area contributed by atoms with Crippen LogP contribution in [0.15, 0.2) is 12.1 Å². The van der Waals surface area contributed by atoms with Gasteiger partial charge in [0, 0.05) is 29.9 Å². The molecule has 1 aromatic heterocycles. The van der Waals surface area contributed by atoms with Crippen LogP contribution in [0.2, 0.25) is 0 Å². The molecule has 1 N–H and O–H groups in total. The quantitative estimate of drug-likeness (QED) is 0.311. The Balaban J connectivity index is 0.00000109. The zero-order chi connectivity index (χ0) is 26.7. The van der Waals surface area contributed by atoms with Crippen LogP contribution < -0.4 is 4.90 Å². The monoisotopic (exact) mass is 536 g/mol. The molecule has 1 aromatic rings. The molecule has 0 spiro atoms. The van der Waals surface area contributed by atoms with Gasteiger partial charge in [0.2, 0.25) is 12.3 Å². The summed E-state index contributed by atoms with van der Waals surface area (Å²) in [5, 5.41) is 10.0. The maximum Gasteiger partial charge on any atom is 0.348 e. The Labute approximate surface area is 226 Å². The molecular weight excluding hydrogens is 492 g/mol. The van der Waals surface area contributed by atoms with Crippen molar-refractivity contribution in [2.45, 2.75) is 91.0 Å². The lowest BCUT2D eigenvalue weighted by atomic mass is 9.82. The van der Waals surface area contributed by atoms with E-state index >= 15 is 0 Å². The van der Waals surface area contributed by atoms with E-state index < -0.39 is 5.97 Å². The van der Waals surface area contributed by atoms with Crippen LogP contribution in [0.5, 0.6) is 0 Å². The summed E-state index contributed by atoms with van der Waals surface area (Å²) in [4.78, 5) is 42.1. The van der Waals surface area contributed by atoms with Crippen molar-refractivity contribution in [3.63, 3.8) is 0 Å². The SMILES string of the molecule is CC.CC1CCC(C(=O)N(c2cc(C3=CCCCC3)sc2C(=O)O)C2CCN(C=O)CC2)CC1.CS. The van der Waals surface area contributed by atoms with Crippen molar-refractivity contribution >= 4 is 53.5 Å². The number of carboxylic acids is 1. The molecular formula is C28H44N2O4S2. The van der Waals surface area contributed by atoms with Crippen LogP contribution in [0, 0.1) is 11.8 Å². The molecule has 0 bridgehead atoms. The normalized spacial score (nSPS) is 22.2. The third kappa shape index (κ3) is 7.60. The Kier molecular flexibility index (Phi) is 13.1. The molecule has 0 unspecified atom stereocenters. The predicted octanol–water partition coefficient (Wildman–Crippen LogP) is 6.76. The highest BCUT2D eigenvalue weighted by Crippen LogP contribution is 2.41. The van der Waals surface area contributed by atoms with E-state index in [1.807, 2.05) is 24.8 Å². The van der Waals surface area contributed by atoms with Gasteiger partial charge in [-0.3, -0.25) is 9.59 Å². The molecule has 1 aliphatic heterocycles. The summed E-state index contributed by atoms with van der Waals surface area (Å²) in [5.74, 6) is -0.294. The molecule has 1 saturated heterocycles. The number of rotatable bonds is 6. The summed E-state index contributed by atoms with van der Waals surface area (Å²) < 4.78 is 0. The minimum absolute atomic E-state index is 0.0470. The highest BCUT2D eigenvalue weighted by molar-refractivity contribution is 7.79. The van der Waals surface area contributed by atoms with Gasteiger partial charge in [-0.1, -0.05) is 26.8 Å². The van der Waals surface area contributed by atoms with Gasteiger partial charge in [-0.2, -0.15) is 12.6 Å². The first-order valence-electron chi connectivity index (χ1n) is 13.5. The lowest BCUT2D eigenvalue weighted by molar-refractivity contribution is -0.124. The largest absolute Gasteiger partial charge is 0.477 e. The van der Waals surface area contributed by atoms with Crippen molar-refractivity contribution < 1.29 is 19.5 Å². The second kappa shape index (κ2) is 15.5. The van der Waals surface area contributed by atoms with Gasteiger partial charge in [-0.25, -0.2) is 4.79 Å². The molecule has 2 aliphatic carbocycles. The van der Waals surface area contributed by atoms with E-state index in [-0.39, 0.29) is 22.7 Å². The first-order valence-corrected chi connectivity index (χ1v) is 15.2. The highest BCUT2D eigenvalue weighted by Gasteiger charge is 2.37. The molecule has 4 rings (SSSR count). The fourth-order valence-electron chi connectivity index (χ4n) is 5.38. The lowest BCUT2D eigenvalue weighted by Gasteiger charge is -2.39. The number of allylic oxidation sites excluding steroid dienone is 2. The van der Waals surface area contributed by atoms with Gasteiger partial charge in [-0.15, -0.1) is 11.3 Å². The van der Waals surface area contributed by atoms with Gasteiger partial charge in [0.05, 0.1) is 5.69 Å². The third-order valence-electron chi connectivity index (χ3n) is 7.39. The van der Waals surface area contributed by atoms with E-state index in [2.05, 4.69) is 25.6 Å². The topological polar surface area (TPSA) is 77.9 Å². The molecule has 2 heterocycles. The van der Waals surface area contributed by atoms with E-state index in [1.165, 1.54) is 23.3 Å². The standard InChI is InChI=1S/C25H34N2O4S.C2H6.CH4S/c1-17-7-9-19(10-8-17)24(29)27(20-11-13-26(16-28)14-12-20)21-15-22(32-23(21)25(30)31)18-5-3-2-4-6-18;2*1-2/h5,15-17,19-20H,2-4,6-14H2,1H3,(H,30,31);1-2H3;2H,1H3. The molecule has 1 saturated carbocycles. The van der Waals surface area contributed by atoms with E-state index in [1.54, 1.807) is 11.2 Å². The summed E-state index contributed by atoms with van der Waals surface area (Å²) in [7, 11) is 0. The smallest absolute Gasteiger partial charge is 0.348 e. The number of likely N-dealkylation sites (tertiary alicyclic amines) is 1. The average molecular weight is 537 g/mol. The zero-order valence-corrected chi connectivity index (χ0v) is 24.1. The van der Waals surface area contributed by atoms with Crippen molar-refractivity contribution in [3.05, 3.63) is 21.9 Å². The Morgan fingerprint density at radius 1 is 1.08 bits per heavy atom. The molecule has 0 radical (unpaired) electrons. The van der Waals surface area contributed by atoms with E-state index in [0.717, 1.165) is 56.2 Å². The number of nitrogens with zero attached hydrogens (tertiary/aromatic N) is 2. The molecule has 6 nitrogen and oxygen atoms in total. The number of carbonyl (C=O) groups is 3. The van der Waals surface area contributed by atoms with Crippen LogP contribution in [-0.4, -0.2) is 53.7 Å². The van der Waals surface area contributed by atoms with Crippen LogP contribution in [0.25, 0.3) is 5.57 Å². The molecule has 36 heavy (non-hydrogen) atoms. The van der Waals surface area contributed by atoms with E-state index in [4.69, 9.17) is 0 Å². The number of thiol groups is 1. The van der Waals surface area contributed by atoms with Gasteiger partial charge in [-0.05, 0) is 88.0 Å². The van der Waals surface area contributed by atoms with Crippen LogP contribution in [0.4, 0.5) is 5.69 Å². The maximum absolute atomic E-state index is 13.9. The highest BCUT2D eigenvalue weighted by atomic mass is 32.1. The first-order chi connectivity index (χ1) is 17.5. The van der Waals surface area contributed by atoms with Crippen molar-refractivity contribution in [1.29, 1.82) is 0 Å². The van der Waals surface area contributed by atoms with Crippen LogP contribution in [-0.2, 0) is 9.59 Å². The third-order valence-corrected chi connectivity index (χ3v) is 8.58. The van der Waals surface area contributed by atoms with Gasteiger partial charge in [0.15, 0.2) is 0 Å². The Morgan fingerprint density at radius 3 is 2.25 bits per heavy atom. The second-order valence-corrected chi connectivity index (χ2v) is 10.7. The number of hydrogen-bond acceptors (Lipinski definition) is 5. The molecule has 2 amide bonds. The minimum atomic E-state index is -0.965. The van der Waals surface area contributed by atoms with Crippen molar-refractivity contribution in [2.24, 2.45) is 11.8 Å². The number of aromatic carboxylic acids is 1. The van der Waals surface area contributed by atoms with Crippen LogP contribution in [0.3, 0.4) is 0 Å². The Morgan fingerprint density at radius 2 is 1.72 bits per heavy atom. The Hall–Kier alpha value is -1.80. The Bertz CT molecular complexity index is 882. The van der Waals surface area contributed by atoms with Crippen molar-refractivity contribution in [3.8, 4) is 0 Å². The molecule has 8 heteroatoms. The molecule has 202 valence electrons.